The number of H-pyrrole nitrogens is 1. The number of aromatic amines is 1. The van der Waals surface area contributed by atoms with Gasteiger partial charge in [0.15, 0.2) is 0 Å². The van der Waals surface area contributed by atoms with Crippen molar-refractivity contribution in [2.75, 3.05) is 0 Å². The van der Waals surface area contributed by atoms with Crippen LogP contribution in [0, 0.1) is 10.1 Å². The van der Waals surface area contributed by atoms with Gasteiger partial charge in [-0.05, 0) is 30.7 Å². The molecule has 0 aliphatic carbocycles. The summed E-state index contributed by atoms with van der Waals surface area (Å²) >= 11 is 11.9. The lowest BCUT2D eigenvalue weighted by atomic mass is 10.1. The fraction of sp³-hybridized carbons (Fsp3) is 0.118. The first-order chi connectivity index (χ1) is 11.9. The maximum Gasteiger partial charge on any atom is 0.271 e. The van der Waals surface area contributed by atoms with Gasteiger partial charge in [-0.15, -0.1) is 0 Å². The summed E-state index contributed by atoms with van der Waals surface area (Å²) in [6.07, 6.45) is 1.53. The van der Waals surface area contributed by atoms with Crippen molar-refractivity contribution in [2.45, 2.75) is 13.0 Å². The second-order valence-electron chi connectivity index (χ2n) is 5.56. The lowest BCUT2D eigenvalue weighted by Crippen LogP contribution is -2.26. The second kappa shape index (κ2) is 6.74. The van der Waals surface area contributed by atoms with Crippen LogP contribution < -0.4 is 5.32 Å². The molecule has 1 heterocycles. The molecule has 0 saturated carbocycles. The Morgan fingerprint density at radius 1 is 1.20 bits per heavy atom. The monoisotopic (exact) mass is 377 g/mol. The van der Waals surface area contributed by atoms with Gasteiger partial charge in [-0.3, -0.25) is 14.9 Å². The average Bonchev–Trinajstić information content (AvgIpc) is 3.00. The molecular weight excluding hydrogens is 365 g/mol. The number of fused-ring (bicyclic) bond motifs is 1. The molecule has 0 bridgehead atoms. The van der Waals surface area contributed by atoms with Crippen molar-refractivity contribution in [1.29, 1.82) is 0 Å². The number of aromatic nitrogens is 1. The summed E-state index contributed by atoms with van der Waals surface area (Å²) < 4.78 is 0. The number of amides is 1. The second-order valence-corrected chi connectivity index (χ2v) is 6.37. The number of carbonyl (C=O) groups excluding carboxylic acids is 1. The SMILES string of the molecule is CC(NC(=O)c1c[nH]c2cc([N+](=O)[O-])ccc12)c1ccc(Cl)c(Cl)c1. The Hall–Kier alpha value is -2.57. The molecule has 2 N–H and O–H groups in total. The summed E-state index contributed by atoms with van der Waals surface area (Å²) in [5.41, 5.74) is 1.72. The van der Waals surface area contributed by atoms with Gasteiger partial charge in [0.1, 0.15) is 0 Å². The van der Waals surface area contributed by atoms with E-state index in [9.17, 15) is 14.9 Å². The summed E-state index contributed by atoms with van der Waals surface area (Å²) in [6, 6.07) is 9.20. The Kier molecular flexibility index (Phi) is 4.65. The lowest BCUT2D eigenvalue weighted by Gasteiger charge is -2.14. The van der Waals surface area contributed by atoms with Gasteiger partial charge in [-0.2, -0.15) is 0 Å². The number of nitrogens with zero attached hydrogens (tertiary/aromatic N) is 1. The van der Waals surface area contributed by atoms with Gasteiger partial charge >= 0.3 is 0 Å². The van der Waals surface area contributed by atoms with Crippen LogP contribution in [0.3, 0.4) is 0 Å². The van der Waals surface area contributed by atoms with Gasteiger partial charge in [0.05, 0.1) is 32.1 Å². The Morgan fingerprint density at radius 3 is 2.64 bits per heavy atom. The molecule has 8 heteroatoms. The zero-order valence-electron chi connectivity index (χ0n) is 13.0. The molecule has 3 aromatic rings. The van der Waals surface area contributed by atoms with E-state index in [1.165, 1.54) is 18.3 Å². The third-order valence-corrected chi connectivity index (χ3v) is 4.65. The highest BCUT2D eigenvalue weighted by molar-refractivity contribution is 6.42. The molecule has 25 heavy (non-hydrogen) atoms. The van der Waals surface area contributed by atoms with Crippen LogP contribution in [0.5, 0.6) is 0 Å². The van der Waals surface area contributed by atoms with Crippen LogP contribution in [-0.2, 0) is 0 Å². The summed E-state index contributed by atoms with van der Waals surface area (Å²) in [5, 5.41) is 15.2. The molecule has 128 valence electrons. The van der Waals surface area contributed by atoms with Crippen LogP contribution in [0.4, 0.5) is 5.69 Å². The zero-order chi connectivity index (χ0) is 18.1. The number of carbonyl (C=O) groups is 1. The van der Waals surface area contributed by atoms with Crippen LogP contribution in [0.15, 0.2) is 42.6 Å². The minimum Gasteiger partial charge on any atom is -0.360 e. The van der Waals surface area contributed by atoms with Gasteiger partial charge in [0.2, 0.25) is 0 Å². The van der Waals surface area contributed by atoms with Crippen molar-refractivity contribution in [3.63, 3.8) is 0 Å². The minimum atomic E-state index is -0.480. The van der Waals surface area contributed by atoms with Crippen molar-refractivity contribution in [3.8, 4) is 0 Å². The van der Waals surface area contributed by atoms with Crippen molar-refractivity contribution < 1.29 is 9.72 Å². The predicted octanol–water partition coefficient (Wildman–Crippen LogP) is 4.87. The van der Waals surface area contributed by atoms with E-state index in [0.29, 0.717) is 26.5 Å². The average molecular weight is 378 g/mol. The summed E-state index contributed by atoms with van der Waals surface area (Å²) in [4.78, 5) is 25.8. The van der Waals surface area contributed by atoms with Crippen molar-refractivity contribution in [2.24, 2.45) is 0 Å². The molecule has 3 rings (SSSR count). The summed E-state index contributed by atoms with van der Waals surface area (Å²) in [7, 11) is 0. The van der Waals surface area contributed by atoms with E-state index in [1.54, 1.807) is 24.3 Å². The fourth-order valence-electron chi connectivity index (χ4n) is 2.56. The molecule has 1 atom stereocenters. The molecule has 0 aliphatic rings. The van der Waals surface area contributed by atoms with Gasteiger partial charge in [0.25, 0.3) is 11.6 Å². The zero-order valence-corrected chi connectivity index (χ0v) is 14.6. The number of nitro benzene ring substituents is 1. The van der Waals surface area contributed by atoms with Gasteiger partial charge in [-0.25, -0.2) is 0 Å². The molecule has 6 nitrogen and oxygen atoms in total. The van der Waals surface area contributed by atoms with E-state index in [-0.39, 0.29) is 17.6 Å². The molecule has 1 unspecified atom stereocenters. The molecular formula is C17H13Cl2N3O3. The molecule has 2 aromatic carbocycles. The van der Waals surface area contributed by atoms with Crippen molar-refractivity contribution in [1.82, 2.24) is 10.3 Å². The first-order valence-corrected chi connectivity index (χ1v) is 8.13. The fourth-order valence-corrected chi connectivity index (χ4v) is 2.86. The molecule has 0 saturated heterocycles. The van der Waals surface area contributed by atoms with Crippen LogP contribution in [0.25, 0.3) is 10.9 Å². The summed E-state index contributed by atoms with van der Waals surface area (Å²) in [5.74, 6) is -0.293. The molecule has 1 aromatic heterocycles. The van der Waals surface area contributed by atoms with E-state index in [1.807, 2.05) is 6.92 Å². The number of hydrogen-bond donors (Lipinski definition) is 2. The summed E-state index contributed by atoms with van der Waals surface area (Å²) in [6.45, 7) is 1.83. The topological polar surface area (TPSA) is 88.0 Å². The van der Waals surface area contributed by atoms with Crippen LogP contribution in [0.2, 0.25) is 10.0 Å². The third kappa shape index (κ3) is 3.45. The number of halogens is 2. The Morgan fingerprint density at radius 2 is 1.96 bits per heavy atom. The number of nitrogens with one attached hydrogen (secondary N) is 2. The minimum absolute atomic E-state index is 0.0366. The number of non-ortho nitro benzene ring substituents is 1. The molecule has 0 fully saturated rings. The Balaban J connectivity index is 1.84. The van der Waals surface area contributed by atoms with Crippen LogP contribution in [0.1, 0.15) is 28.9 Å². The Labute approximate surface area is 152 Å². The molecule has 0 radical (unpaired) electrons. The van der Waals surface area contributed by atoms with Crippen LogP contribution >= 0.6 is 23.2 Å². The van der Waals surface area contributed by atoms with Gasteiger partial charge < -0.3 is 10.3 Å². The van der Waals surface area contributed by atoms with Crippen molar-refractivity contribution >= 4 is 45.7 Å². The number of nitro groups is 1. The quantitative estimate of drug-likeness (QED) is 0.501. The van der Waals surface area contributed by atoms with E-state index in [4.69, 9.17) is 23.2 Å². The van der Waals surface area contributed by atoms with E-state index in [2.05, 4.69) is 10.3 Å². The smallest absolute Gasteiger partial charge is 0.271 e. The Bertz CT molecular complexity index is 984. The predicted molar refractivity (Wildman–Crippen MR) is 97.3 cm³/mol. The highest BCUT2D eigenvalue weighted by Gasteiger charge is 2.17. The molecule has 0 aliphatic heterocycles. The maximum atomic E-state index is 12.6. The van der Waals surface area contributed by atoms with Gasteiger partial charge in [-0.1, -0.05) is 29.3 Å². The number of rotatable bonds is 4. The third-order valence-electron chi connectivity index (χ3n) is 3.91. The molecule has 0 spiro atoms. The number of benzene rings is 2. The van der Waals surface area contributed by atoms with Gasteiger partial charge in [0, 0.05) is 23.7 Å². The van der Waals surface area contributed by atoms with Crippen LogP contribution in [-0.4, -0.2) is 15.8 Å². The largest absolute Gasteiger partial charge is 0.360 e. The van der Waals surface area contributed by atoms with E-state index in [0.717, 1.165) is 5.56 Å². The molecule has 1 amide bonds. The first kappa shape index (κ1) is 17.3. The standard InChI is InChI=1S/C17H13Cl2N3O3/c1-9(10-2-5-14(18)15(19)6-10)21-17(23)13-8-20-16-7-11(22(24)25)3-4-12(13)16/h2-9,20H,1H3,(H,21,23). The highest BCUT2D eigenvalue weighted by Crippen LogP contribution is 2.27. The lowest BCUT2D eigenvalue weighted by molar-refractivity contribution is -0.384. The normalized spacial score (nSPS) is 12.1. The van der Waals surface area contributed by atoms with Crippen molar-refractivity contribution in [3.05, 3.63) is 73.9 Å². The number of hydrogen-bond acceptors (Lipinski definition) is 3. The van der Waals surface area contributed by atoms with E-state index < -0.39 is 4.92 Å². The first-order valence-electron chi connectivity index (χ1n) is 7.38. The maximum absolute atomic E-state index is 12.6. The van der Waals surface area contributed by atoms with E-state index >= 15 is 0 Å². The highest BCUT2D eigenvalue weighted by atomic mass is 35.5.